The van der Waals surface area contributed by atoms with Crippen LogP contribution in [0.15, 0.2) is 48.5 Å². The Bertz CT molecular complexity index is 303. The number of hydrogen-bond donors (Lipinski definition) is 0. The molecule has 67 valence electrons. The van der Waals surface area contributed by atoms with Crippen molar-refractivity contribution >= 4 is 0 Å². The van der Waals surface area contributed by atoms with Crippen molar-refractivity contribution < 1.29 is 20.1 Å². The zero-order valence-electron chi connectivity index (χ0n) is 6.95. The molecule has 2 aromatic rings. The first-order valence-corrected chi connectivity index (χ1v) is 3.90. The summed E-state index contributed by atoms with van der Waals surface area (Å²) in [7, 11) is 0. The minimum Gasteiger partial charge on any atom is -0.226 e. The second-order valence-electron chi connectivity index (χ2n) is 2.55. The molecule has 0 aliphatic carbocycles. The van der Waals surface area contributed by atoms with Crippen molar-refractivity contribution in [3.8, 4) is 11.1 Å². The first-order chi connectivity index (χ1) is 5.97. The van der Waals surface area contributed by atoms with E-state index in [0.717, 1.165) is 11.1 Å². The van der Waals surface area contributed by atoms with E-state index in [-0.39, 0.29) is 20.1 Å². The van der Waals surface area contributed by atoms with E-state index in [9.17, 15) is 0 Å². The zero-order chi connectivity index (χ0) is 8.23. The minimum absolute atomic E-state index is 0. The summed E-state index contributed by atoms with van der Waals surface area (Å²) in [5, 5.41) is 0. The molecular weight excluding hydrogens is 336 g/mol. The molecule has 0 fully saturated rings. The summed E-state index contributed by atoms with van der Waals surface area (Å²) >= 11 is 0. The quantitative estimate of drug-likeness (QED) is 0.698. The zero-order valence-corrected chi connectivity index (χ0v) is 9.35. The standard InChI is InChI=1S/C12H8.Ir/c1-3-7-11(8-4-1)12-9-5-2-6-10-12;/h1-7,9H;/q-2;. The Hall–Kier alpha value is -0.911. The van der Waals surface area contributed by atoms with Crippen molar-refractivity contribution in [1.29, 1.82) is 0 Å². The van der Waals surface area contributed by atoms with Crippen LogP contribution in [-0.4, -0.2) is 0 Å². The molecule has 0 bridgehead atoms. The Labute approximate surface area is 92.0 Å². The van der Waals surface area contributed by atoms with Crippen LogP contribution in [0.5, 0.6) is 0 Å². The van der Waals surface area contributed by atoms with Crippen LogP contribution in [0.3, 0.4) is 0 Å². The van der Waals surface area contributed by atoms with Crippen LogP contribution in [0.1, 0.15) is 0 Å². The van der Waals surface area contributed by atoms with Crippen LogP contribution >= 0.6 is 0 Å². The first kappa shape index (κ1) is 10.2. The average Bonchev–Trinajstić information content (AvgIpc) is 2.21. The van der Waals surface area contributed by atoms with Gasteiger partial charge in [-0.05, 0) is 0 Å². The van der Waals surface area contributed by atoms with Gasteiger partial charge in [-0.15, -0.1) is 12.1 Å². The molecule has 0 nitrogen and oxygen atoms in total. The van der Waals surface area contributed by atoms with E-state index in [0.29, 0.717) is 0 Å². The van der Waals surface area contributed by atoms with Gasteiger partial charge in [-0.25, -0.2) is 11.1 Å². The normalized spacial score (nSPS) is 8.92. The summed E-state index contributed by atoms with van der Waals surface area (Å²) < 4.78 is 0. The summed E-state index contributed by atoms with van der Waals surface area (Å²) in [5.41, 5.74) is 2.19. The summed E-state index contributed by atoms with van der Waals surface area (Å²) in [6, 6.07) is 22.1. The van der Waals surface area contributed by atoms with Crippen LogP contribution in [0, 0.1) is 12.1 Å². The fourth-order valence-electron chi connectivity index (χ4n) is 1.12. The largest absolute Gasteiger partial charge is 0.226 e. The molecule has 0 aromatic heterocycles. The van der Waals surface area contributed by atoms with Gasteiger partial charge in [0.2, 0.25) is 0 Å². The maximum absolute atomic E-state index is 3.15. The molecule has 0 N–H and O–H groups in total. The van der Waals surface area contributed by atoms with Crippen molar-refractivity contribution in [3.05, 3.63) is 60.7 Å². The molecule has 1 radical (unpaired) electrons. The fourth-order valence-corrected chi connectivity index (χ4v) is 1.12. The monoisotopic (exact) mass is 345 g/mol. The van der Waals surface area contributed by atoms with Gasteiger partial charge in [-0.3, -0.25) is 0 Å². The van der Waals surface area contributed by atoms with Crippen LogP contribution in [-0.2, 0) is 20.1 Å². The molecule has 1 heteroatoms. The Morgan fingerprint density at radius 3 is 1.46 bits per heavy atom. The maximum atomic E-state index is 3.15. The van der Waals surface area contributed by atoms with Gasteiger partial charge in [0.05, 0.1) is 0 Å². The first-order valence-electron chi connectivity index (χ1n) is 3.90. The van der Waals surface area contributed by atoms with Crippen LogP contribution in [0.4, 0.5) is 0 Å². The third kappa shape index (κ3) is 2.51. The molecule has 0 saturated carbocycles. The van der Waals surface area contributed by atoms with Gasteiger partial charge in [0.1, 0.15) is 0 Å². The van der Waals surface area contributed by atoms with E-state index in [2.05, 4.69) is 12.1 Å². The van der Waals surface area contributed by atoms with E-state index < -0.39 is 0 Å². The van der Waals surface area contributed by atoms with Crippen LogP contribution in [0.25, 0.3) is 11.1 Å². The predicted octanol–water partition coefficient (Wildman–Crippen LogP) is 2.95. The number of benzene rings is 2. The third-order valence-electron chi connectivity index (χ3n) is 1.71. The number of hydrogen-bond acceptors (Lipinski definition) is 0. The average molecular weight is 344 g/mol. The van der Waals surface area contributed by atoms with Gasteiger partial charge in [-0.2, -0.15) is 48.5 Å². The molecule has 0 spiro atoms. The van der Waals surface area contributed by atoms with E-state index in [1.54, 1.807) is 0 Å². The van der Waals surface area contributed by atoms with Crippen molar-refractivity contribution in [2.75, 3.05) is 0 Å². The molecule has 0 heterocycles. The van der Waals surface area contributed by atoms with Crippen LogP contribution < -0.4 is 0 Å². The van der Waals surface area contributed by atoms with Gasteiger partial charge >= 0.3 is 0 Å². The van der Waals surface area contributed by atoms with Crippen LogP contribution in [0.2, 0.25) is 0 Å². The summed E-state index contributed by atoms with van der Waals surface area (Å²) in [4.78, 5) is 0. The molecule has 0 atom stereocenters. The molecule has 0 saturated heterocycles. The fraction of sp³-hybridized carbons (Fsp3) is 0. The molecule has 2 aromatic carbocycles. The summed E-state index contributed by atoms with van der Waals surface area (Å²) in [5.74, 6) is 0. The van der Waals surface area contributed by atoms with Gasteiger partial charge in [0, 0.05) is 20.1 Å². The van der Waals surface area contributed by atoms with Gasteiger partial charge in [0.25, 0.3) is 0 Å². The van der Waals surface area contributed by atoms with E-state index in [1.165, 1.54) is 0 Å². The topological polar surface area (TPSA) is 0 Å². The van der Waals surface area contributed by atoms with E-state index in [1.807, 2.05) is 48.5 Å². The Balaban J connectivity index is 0.000000845. The smallest absolute Gasteiger partial charge is 0 e. The Morgan fingerprint density at radius 1 is 0.692 bits per heavy atom. The molecule has 0 amide bonds. The Kier molecular flexibility index (Phi) is 3.88. The second kappa shape index (κ2) is 4.96. The molecular formula is C12H8Ir-2. The molecule has 0 unspecified atom stereocenters. The van der Waals surface area contributed by atoms with Crippen molar-refractivity contribution in [3.63, 3.8) is 0 Å². The van der Waals surface area contributed by atoms with E-state index >= 15 is 0 Å². The van der Waals surface area contributed by atoms with Crippen molar-refractivity contribution in [1.82, 2.24) is 0 Å². The van der Waals surface area contributed by atoms with Gasteiger partial charge < -0.3 is 0 Å². The second-order valence-corrected chi connectivity index (χ2v) is 2.55. The number of rotatable bonds is 1. The third-order valence-corrected chi connectivity index (χ3v) is 1.71. The summed E-state index contributed by atoms with van der Waals surface area (Å²) in [6.07, 6.45) is 0. The molecule has 2 rings (SSSR count). The maximum Gasteiger partial charge on any atom is 0 e. The SMILES string of the molecule is [Ir].[c-]1ccccc1-c1[c-]cccc1. The van der Waals surface area contributed by atoms with Crippen molar-refractivity contribution in [2.24, 2.45) is 0 Å². The molecule has 13 heavy (non-hydrogen) atoms. The molecule has 0 aliphatic heterocycles. The van der Waals surface area contributed by atoms with Gasteiger partial charge in [0.15, 0.2) is 0 Å². The van der Waals surface area contributed by atoms with Crippen molar-refractivity contribution in [2.45, 2.75) is 0 Å². The minimum atomic E-state index is 0. The van der Waals surface area contributed by atoms with Gasteiger partial charge in [-0.1, -0.05) is 0 Å². The van der Waals surface area contributed by atoms with E-state index in [4.69, 9.17) is 0 Å². The molecule has 0 aliphatic rings. The Morgan fingerprint density at radius 2 is 1.15 bits per heavy atom. The predicted molar refractivity (Wildman–Crippen MR) is 49.6 cm³/mol. The summed E-state index contributed by atoms with van der Waals surface area (Å²) in [6.45, 7) is 0.